The van der Waals surface area contributed by atoms with Gasteiger partial charge in [0.15, 0.2) is 16.1 Å². The zero-order valence-electron chi connectivity index (χ0n) is 58.6. The molecule has 6 nitrogen and oxygen atoms in total. The molecule has 3 radical (unpaired) electrons. The summed E-state index contributed by atoms with van der Waals surface area (Å²) in [6, 6.07) is 140. The number of benzene rings is 16. The molecule has 0 spiro atoms. The van der Waals surface area contributed by atoms with E-state index >= 15 is 0 Å². The number of hydrogen-bond acceptors (Lipinski definition) is 6. The number of ether oxygens (including phenoxy) is 2. The van der Waals surface area contributed by atoms with Gasteiger partial charge >= 0.3 is 0 Å². The summed E-state index contributed by atoms with van der Waals surface area (Å²) in [6.07, 6.45) is 0. The van der Waals surface area contributed by atoms with Crippen LogP contribution in [-0.4, -0.2) is 24.6 Å². The Hall–Kier alpha value is -12.7. The zero-order chi connectivity index (χ0) is 71.0. The van der Waals surface area contributed by atoms with Crippen molar-refractivity contribution in [2.75, 3.05) is 10.2 Å². The highest BCUT2D eigenvalue weighted by molar-refractivity contribution is 9.10. The number of anilines is 5. The molecule has 10 heteroatoms. The topological polar surface area (TPSA) is 60.0 Å². The van der Waals surface area contributed by atoms with Crippen molar-refractivity contribution in [2.45, 2.75) is 6.92 Å². The summed E-state index contributed by atoms with van der Waals surface area (Å²) in [5, 5.41) is 18.5. The van der Waals surface area contributed by atoms with Gasteiger partial charge in [-0.05, 0) is 179 Å². The van der Waals surface area contributed by atoms with E-state index in [1.165, 1.54) is 69.3 Å². The van der Waals surface area contributed by atoms with E-state index in [1.807, 2.05) is 36.4 Å². The third-order valence-corrected chi connectivity index (χ3v) is 31.2. The fourth-order valence-electron chi connectivity index (χ4n) is 15.8. The Morgan fingerprint density at radius 3 is 1.08 bits per heavy atom. The average Bonchev–Trinajstić information content (AvgIpc) is 1.53. The second-order valence-corrected chi connectivity index (χ2v) is 35.2. The van der Waals surface area contributed by atoms with Crippen molar-refractivity contribution >= 4 is 154 Å². The summed E-state index contributed by atoms with van der Waals surface area (Å²) >= 11 is 3.68. The van der Waals surface area contributed by atoms with Crippen molar-refractivity contribution in [1.29, 1.82) is 0 Å². The maximum atomic E-state index is 6.57. The van der Waals surface area contributed by atoms with Crippen LogP contribution in [0.2, 0.25) is 0 Å². The van der Waals surface area contributed by atoms with Crippen LogP contribution in [0.4, 0.5) is 28.4 Å². The first-order valence-electron chi connectivity index (χ1n) is 35.8. The number of fused-ring (bicyclic) bond motifs is 10. The molecule has 16 aromatic carbocycles. The van der Waals surface area contributed by atoms with Gasteiger partial charge in [0.2, 0.25) is 0 Å². The van der Waals surface area contributed by atoms with Crippen molar-refractivity contribution in [3.8, 4) is 45.3 Å². The normalized spacial score (nSPS) is 12.6. The number of halogens is 1. The fourth-order valence-corrected chi connectivity index (χ4v) is 26.0. The summed E-state index contributed by atoms with van der Waals surface area (Å²) in [7, 11) is -5.23. The van der Waals surface area contributed by atoms with E-state index in [0.29, 0.717) is 0 Å². The molecule has 4 heterocycles. The van der Waals surface area contributed by atoms with Crippen molar-refractivity contribution < 1.29 is 18.3 Å². The van der Waals surface area contributed by atoms with E-state index in [0.717, 1.165) is 99.8 Å². The molecule has 2 aliphatic rings. The van der Waals surface area contributed by atoms with Gasteiger partial charge in [-0.15, -0.1) is 0 Å². The number of aryl methyl sites for hydroxylation is 1. The zero-order valence-corrected chi connectivity index (χ0v) is 62.1. The second kappa shape index (κ2) is 29.1. The summed E-state index contributed by atoms with van der Waals surface area (Å²) in [6.45, 7) is 2.16. The first kappa shape index (κ1) is 67.5. The summed E-state index contributed by atoms with van der Waals surface area (Å²) in [5.41, 5.74) is 14.9. The van der Waals surface area contributed by atoms with E-state index < -0.39 is 16.1 Å². The summed E-state index contributed by atoms with van der Waals surface area (Å²) in [5.74, 6) is 3.80. The molecule has 2 aliphatic heterocycles. The van der Waals surface area contributed by atoms with E-state index in [-0.39, 0.29) is 8.41 Å². The Morgan fingerprint density at radius 2 is 0.607 bits per heavy atom. The Morgan fingerprint density at radius 1 is 0.271 bits per heavy atom. The predicted octanol–water partition coefficient (Wildman–Crippen LogP) is 21.1. The van der Waals surface area contributed by atoms with E-state index in [9.17, 15) is 0 Å². The Bertz CT molecular complexity index is 6130. The first-order valence-corrected chi connectivity index (χ1v) is 40.6. The first-order chi connectivity index (χ1) is 52.3. The molecule has 509 valence electrons. The third kappa shape index (κ3) is 12.4. The molecule has 0 fully saturated rings. The number of hydrogen-bond donors (Lipinski definition) is 1. The van der Waals surface area contributed by atoms with Crippen LogP contribution < -0.4 is 61.2 Å². The molecule has 0 atom stereocenters. The average molecular weight is 1470 g/mol. The van der Waals surface area contributed by atoms with Crippen LogP contribution in [0.15, 0.2) is 408 Å². The smallest absolute Gasteiger partial charge is 0.188 e. The van der Waals surface area contributed by atoms with Crippen molar-refractivity contribution in [2.24, 2.45) is 0 Å². The Labute approximate surface area is 634 Å². The Kier molecular flexibility index (Phi) is 18.3. The van der Waals surface area contributed by atoms with Gasteiger partial charge in [-0.3, -0.25) is 0 Å². The van der Waals surface area contributed by atoms with Crippen LogP contribution in [-0.2, 0) is 0 Å². The van der Waals surface area contributed by atoms with Crippen LogP contribution in [0, 0.1) is 6.92 Å². The van der Waals surface area contributed by atoms with Crippen LogP contribution in [0.3, 0.4) is 0 Å². The summed E-state index contributed by atoms with van der Waals surface area (Å²) < 4.78 is 26.4. The fraction of sp³-hybridized carbons (Fsp3) is 0.0103. The van der Waals surface area contributed by atoms with Gasteiger partial charge in [-0.25, -0.2) is 0 Å². The number of para-hydroxylation sites is 6. The standard InChI is InChI=1S/C48H33NO2Si.C25H19BrOSi.C24H17NO.B/c1-3-13-34(14-4-1)35-23-25-36(26-24-35)49(38-29-32-42-41-17-7-8-18-43(41)50-46(42)33-38)37-27-30-40(31-28-37)52(39-15-5-2-6-16-39)47-21-11-9-19-44(47)51-45-20-10-12-22-48(45)52;1-18-17-20(15-16-21(18)26)28(19-9-3-2-4-10-19)24-13-7-5-11-22(24)27-23-12-6-8-14-25(23)28;1-2-6-17(7-3-1)18-10-12-19(13-11-18)25-20-14-15-22-21-8-4-5-9-23(21)26-24(22)16-20;/h1-33H;2-17H,1H3;1-16,25H;. The maximum Gasteiger partial charge on any atom is 0.188 e. The molecule has 0 amide bonds. The molecule has 18 aromatic rings. The second-order valence-electron chi connectivity index (χ2n) is 26.8. The van der Waals surface area contributed by atoms with Crippen LogP contribution in [0.5, 0.6) is 23.0 Å². The molecule has 0 bridgehead atoms. The minimum absolute atomic E-state index is 0. The third-order valence-electron chi connectivity index (χ3n) is 20.7. The molecule has 0 saturated heterocycles. The van der Waals surface area contributed by atoms with Crippen molar-refractivity contribution in [3.63, 3.8) is 0 Å². The van der Waals surface area contributed by atoms with Gasteiger partial charge in [-0.2, -0.15) is 0 Å². The highest BCUT2D eigenvalue weighted by atomic mass is 79.9. The number of nitrogens with one attached hydrogen (secondary N) is 1. The highest BCUT2D eigenvalue weighted by Crippen LogP contribution is 2.41. The summed E-state index contributed by atoms with van der Waals surface area (Å²) in [4.78, 5) is 2.33. The molecule has 0 unspecified atom stereocenters. The quantitative estimate of drug-likeness (QED) is 0.130. The number of rotatable bonds is 11. The van der Waals surface area contributed by atoms with Gasteiger partial charge < -0.3 is 28.5 Å². The lowest BCUT2D eigenvalue weighted by atomic mass is 10.0. The van der Waals surface area contributed by atoms with E-state index in [4.69, 9.17) is 18.3 Å². The Balaban J connectivity index is 0.000000129. The van der Waals surface area contributed by atoms with Crippen LogP contribution in [0.25, 0.3) is 66.1 Å². The van der Waals surface area contributed by atoms with Crippen LogP contribution in [0.1, 0.15) is 5.56 Å². The molecular formula is C97H69BBrN2O4Si2. The van der Waals surface area contributed by atoms with Crippen molar-refractivity contribution in [1.82, 2.24) is 0 Å². The molecule has 1 N–H and O–H groups in total. The maximum absolute atomic E-state index is 6.57. The van der Waals surface area contributed by atoms with Gasteiger partial charge in [0.05, 0.1) is 0 Å². The van der Waals surface area contributed by atoms with Crippen molar-refractivity contribution in [3.05, 3.63) is 404 Å². The molecule has 107 heavy (non-hydrogen) atoms. The molecule has 0 saturated carbocycles. The van der Waals surface area contributed by atoms with E-state index in [1.54, 1.807) is 0 Å². The van der Waals surface area contributed by atoms with Gasteiger partial charge in [0, 0.05) is 75.0 Å². The van der Waals surface area contributed by atoms with Gasteiger partial charge in [0.25, 0.3) is 0 Å². The number of nitrogens with zero attached hydrogens (tertiary/aromatic N) is 1. The van der Waals surface area contributed by atoms with E-state index in [2.05, 4.69) is 391 Å². The molecule has 20 rings (SSSR count). The van der Waals surface area contributed by atoms with Gasteiger partial charge in [-0.1, -0.05) is 295 Å². The molecule has 0 aliphatic carbocycles. The van der Waals surface area contributed by atoms with Gasteiger partial charge in [0.1, 0.15) is 45.3 Å². The minimum Gasteiger partial charge on any atom is -0.458 e. The lowest BCUT2D eigenvalue weighted by Crippen LogP contribution is -2.76. The van der Waals surface area contributed by atoms with Crippen LogP contribution >= 0.6 is 15.9 Å². The lowest BCUT2D eigenvalue weighted by molar-refractivity contribution is 0.487. The number of furan rings is 2. The predicted molar refractivity (Wildman–Crippen MR) is 455 cm³/mol. The lowest BCUT2D eigenvalue weighted by Gasteiger charge is -2.39. The highest BCUT2D eigenvalue weighted by Gasteiger charge is 2.49. The molecular weight excluding hydrogens is 1400 g/mol. The molecule has 2 aromatic heterocycles. The minimum atomic E-state index is -2.75. The monoisotopic (exact) mass is 1470 g/mol. The SMILES string of the molecule is Cc1cc([Si]2(c3ccccc3)c3ccccc3Oc3ccccc32)ccc1Br.[B].c1ccc(-c2ccc(N(c3ccc([Si]4(c5ccccc5)c5ccccc5Oc5ccccc54)cc3)c3ccc4c(c3)oc3ccccc34)cc2)cc1.c1ccc(-c2ccc(Nc3ccc4c(c3)oc3ccccc34)cc2)cc1. The largest absolute Gasteiger partial charge is 0.458 e.